The molecule has 3 nitrogen and oxygen atoms in total. The molecule has 0 saturated carbocycles. The minimum Gasteiger partial charge on any atom is -0.507 e. The highest BCUT2D eigenvalue weighted by Crippen LogP contribution is 2.26. The quantitative estimate of drug-likeness (QED) is 0.805. The second-order valence-electron chi connectivity index (χ2n) is 5.97. The highest BCUT2D eigenvalue weighted by atomic mass is 16.3. The van der Waals surface area contributed by atoms with E-state index in [1.54, 1.807) is 6.07 Å². The Hall–Kier alpha value is -1.35. The molecule has 3 heteroatoms. The molecular weight excluding hydrogens is 250 g/mol. The van der Waals surface area contributed by atoms with E-state index in [0.717, 1.165) is 24.2 Å². The van der Waals surface area contributed by atoms with Gasteiger partial charge in [0.15, 0.2) is 5.78 Å². The van der Waals surface area contributed by atoms with Crippen molar-refractivity contribution in [2.24, 2.45) is 5.92 Å². The third kappa shape index (κ3) is 3.83. The average Bonchev–Trinajstić information content (AvgIpc) is 2.37. The van der Waals surface area contributed by atoms with Crippen LogP contribution >= 0.6 is 0 Å². The summed E-state index contributed by atoms with van der Waals surface area (Å²) in [7, 11) is 0. The van der Waals surface area contributed by atoms with Crippen LogP contribution in [0.3, 0.4) is 0 Å². The number of Topliss-reactive ketones (excluding diaryl/α,β-unsaturated/α-hetero) is 1. The van der Waals surface area contributed by atoms with Crippen molar-refractivity contribution in [2.75, 3.05) is 6.54 Å². The van der Waals surface area contributed by atoms with E-state index < -0.39 is 0 Å². The lowest BCUT2D eigenvalue weighted by atomic mass is 9.95. The van der Waals surface area contributed by atoms with Gasteiger partial charge in [0.2, 0.25) is 0 Å². The first-order valence-electron chi connectivity index (χ1n) is 7.38. The van der Waals surface area contributed by atoms with E-state index in [-0.39, 0.29) is 17.5 Å². The van der Waals surface area contributed by atoms with Crippen molar-refractivity contribution in [3.05, 3.63) is 28.8 Å². The monoisotopic (exact) mass is 277 g/mol. The second-order valence-corrected chi connectivity index (χ2v) is 5.97. The molecule has 0 aliphatic heterocycles. The largest absolute Gasteiger partial charge is 0.507 e. The summed E-state index contributed by atoms with van der Waals surface area (Å²) < 4.78 is 0. The number of nitrogens with zero attached hydrogens (tertiary/aromatic N) is 1. The van der Waals surface area contributed by atoms with Gasteiger partial charge in [0.05, 0.1) is 5.56 Å². The first-order valence-corrected chi connectivity index (χ1v) is 7.38. The first kappa shape index (κ1) is 16.7. The van der Waals surface area contributed by atoms with E-state index in [9.17, 15) is 9.90 Å². The van der Waals surface area contributed by atoms with Gasteiger partial charge in [-0.1, -0.05) is 20.8 Å². The fourth-order valence-corrected chi connectivity index (χ4v) is 2.30. The Morgan fingerprint density at radius 2 is 1.85 bits per heavy atom. The molecule has 0 amide bonds. The van der Waals surface area contributed by atoms with Crippen molar-refractivity contribution in [1.29, 1.82) is 0 Å². The second kappa shape index (κ2) is 6.89. The van der Waals surface area contributed by atoms with E-state index in [1.165, 1.54) is 0 Å². The van der Waals surface area contributed by atoms with Crippen molar-refractivity contribution in [1.82, 2.24) is 4.90 Å². The number of aromatic hydroxyl groups is 1. The highest BCUT2D eigenvalue weighted by Gasteiger charge is 2.18. The van der Waals surface area contributed by atoms with Gasteiger partial charge in [-0.15, -0.1) is 0 Å². The third-order valence-electron chi connectivity index (χ3n) is 3.75. The maximum Gasteiger partial charge on any atom is 0.169 e. The van der Waals surface area contributed by atoms with Crippen LogP contribution in [0.15, 0.2) is 12.1 Å². The van der Waals surface area contributed by atoms with Crippen molar-refractivity contribution in [3.63, 3.8) is 0 Å². The van der Waals surface area contributed by atoms with E-state index in [0.29, 0.717) is 11.6 Å². The lowest BCUT2D eigenvalue weighted by Crippen LogP contribution is -2.30. The summed E-state index contributed by atoms with van der Waals surface area (Å²) >= 11 is 0. The summed E-state index contributed by atoms with van der Waals surface area (Å²) in [6, 6.07) is 4.02. The van der Waals surface area contributed by atoms with Crippen LogP contribution in [0.4, 0.5) is 0 Å². The molecule has 1 rings (SSSR count). The summed E-state index contributed by atoms with van der Waals surface area (Å²) in [6.45, 7) is 13.9. The lowest BCUT2D eigenvalue weighted by molar-refractivity contribution is 0.0936. The topological polar surface area (TPSA) is 40.5 Å². The smallest absolute Gasteiger partial charge is 0.169 e. The number of hydrogen-bond acceptors (Lipinski definition) is 3. The van der Waals surface area contributed by atoms with Crippen LogP contribution in [0, 0.1) is 12.8 Å². The summed E-state index contributed by atoms with van der Waals surface area (Å²) in [5, 5.41) is 10.1. The molecule has 0 spiro atoms. The summed E-state index contributed by atoms with van der Waals surface area (Å²) in [4.78, 5) is 14.4. The molecule has 0 aliphatic carbocycles. The number of rotatable bonds is 6. The number of ketones is 1. The molecule has 20 heavy (non-hydrogen) atoms. The van der Waals surface area contributed by atoms with E-state index >= 15 is 0 Å². The summed E-state index contributed by atoms with van der Waals surface area (Å²) in [5.74, 6) is -0.00794. The minimum absolute atomic E-state index is 0.00615. The first-order chi connectivity index (χ1) is 9.27. The van der Waals surface area contributed by atoms with Crippen molar-refractivity contribution in [2.45, 2.75) is 54.1 Å². The normalized spacial score (nSPS) is 11.7. The van der Waals surface area contributed by atoms with Crippen LogP contribution in [0.5, 0.6) is 5.75 Å². The molecule has 112 valence electrons. The van der Waals surface area contributed by atoms with Crippen LogP contribution in [-0.2, 0) is 6.54 Å². The third-order valence-corrected chi connectivity index (χ3v) is 3.75. The molecule has 0 radical (unpaired) electrons. The van der Waals surface area contributed by atoms with Gasteiger partial charge in [0.1, 0.15) is 5.75 Å². The molecule has 1 aromatic rings. The molecule has 0 fully saturated rings. The minimum atomic E-state index is -0.103. The van der Waals surface area contributed by atoms with Crippen molar-refractivity contribution < 1.29 is 9.90 Å². The standard InChI is InChI=1S/C17H27NO2/c1-7-18(12(4)5)10-14-9-16(19)15(8-13(14)6)17(20)11(2)3/h8-9,11-12,19H,7,10H2,1-6H3. The summed E-state index contributed by atoms with van der Waals surface area (Å²) in [6.07, 6.45) is 0. The zero-order valence-corrected chi connectivity index (χ0v) is 13.5. The zero-order chi connectivity index (χ0) is 15.4. The van der Waals surface area contributed by atoms with Crippen LogP contribution in [0.2, 0.25) is 0 Å². The molecule has 0 atom stereocenters. The van der Waals surface area contributed by atoms with Gasteiger partial charge in [0, 0.05) is 18.5 Å². The highest BCUT2D eigenvalue weighted by molar-refractivity contribution is 6.00. The predicted octanol–water partition coefficient (Wildman–Crippen LogP) is 3.77. The fourth-order valence-electron chi connectivity index (χ4n) is 2.30. The summed E-state index contributed by atoms with van der Waals surface area (Å²) in [5.41, 5.74) is 2.58. The van der Waals surface area contributed by atoms with Gasteiger partial charge in [-0.3, -0.25) is 9.69 Å². The van der Waals surface area contributed by atoms with Gasteiger partial charge in [-0.25, -0.2) is 0 Å². The van der Waals surface area contributed by atoms with Crippen molar-refractivity contribution in [3.8, 4) is 5.75 Å². The van der Waals surface area contributed by atoms with Crippen LogP contribution < -0.4 is 0 Å². The molecule has 1 aromatic carbocycles. The van der Waals surface area contributed by atoms with Crippen molar-refractivity contribution >= 4 is 5.78 Å². The van der Waals surface area contributed by atoms with Gasteiger partial charge in [0.25, 0.3) is 0 Å². The van der Waals surface area contributed by atoms with Gasteiger partial charge in [-0.2, -0.15) is 0 Å². The Morgan fingerprint density at radius 1 is 1.25 bits per heavy atom. The Labute approximate surface area is 122 Å². The van der Waals surface area contributed by atoms with Crippen LogP contribution in [-0.4, -0.2) is 28.4 Å². The molecule has 0 unspecified atom stereocenters. The Balaban J connectivity index is 3.08. The van der Waals surface area contributed by atoms with Gasteiger partial charge in [-0.05, 0) is 50.6 Å². The van der Waals surface area contributed by atoms with E-state index in [1.807, 2.05) is 26.8 Å². The molecule has 0 aromatic heterocycles. The number of phenolic OH excluding ortho intramolecular Hbond substituents is 1. The Morgan fingerprint density at radius 3 is 2.30 bits per heavy atom. The van der Waals surface area contributed by atoms with Gasteiger partial charge >= 0.3 is 0 Å². The number of benzene rings is 1. The molecule has 0 saturated heterocycles. The molecule has 0 aliphatic rings. The number of hydrogen-bond donors (Lipinski definition) is 1. The van der Waals surface area contributed by atoms with E-state index in [4.69, 9.17) is 0 Å². The molecule has 1 N–H and O–H groups in total. The van der Waals surface area contributed by atoms with Gasteiger partial charge < -0.3 is 5.11 Å². The van der Waals surface area contributed by atoms with Crippen LogP contribution in [0.25, 0.3) is 0 Å². The Bertz CT molecular complexity index is 478. The maximum absolute atomic E-state index is 12.0. The molecule has 0 heterocycles. The fraction of sp³-hybridized carbons (Fsp3) is 0.588. The zero-order valence-electron chi connectivity index (χ0n) is 13.5. The number of carbonyl (C=O) groups is 1. The number of carbonyl (C=O) groups excluding carboxylic acids is 1. The predicted molar refractivity (Wildman–Crippen MR) is 83.2 cm³/mol. The maximum atomic E-state index is 12.0. The lowest BCUT2D eigenvalue weighted by Gasteiger charge is -2.26. The molecular formula is C17H27NO2. The van der Waals surface area contributed by atoms with Crippen LogP contribution in [0.1, 0.15) is 56.1 Å². The number of aryl methyl sites for hydroxylation is 1. The Kier molecular flexibility index (Phi) is 5.75. The molecule has 0 bridgehead atoms. The SMILES string of the molecule is CCN(Cc1cc(O)c(C(=O)C(C)C)cc1C)C(C)C. The average molecular weight is 277 g/mol. The number of phenols is 1. The van der Waals surface area contributed by atoms with E-state index in [2.05, 4.69) is 25.7 Å².